The SMILES string of the molecule is c1ccc(-c2ccsc2)c(OC[C@@H]2CO2)c1. The summed E-state index contributed by atoms with van der Waals surface area (Å²) >= 11 is 1.70. The topological polar surface area (TPSA) is 21.8 Å². The number of hydrogen-bond donors (Lipinski definition) is 0. The Bertz CT molecular complexity index is 461. The highest BCUT2D eigenvalue weighted by atomic mass is 32.1. The number of epoxide rings is 1. The van der Waals surface area contributed by atoms with E-state index in [9.17, 15) is 0 Å². The molecule has 0 radical (unpaired) electrons. The summed E-state index contributed by atoms with van der Waals surface area (Å²) < 4.78 is 10.9. The monoisotopic (exact) mass is 232 g/mol. The summed E-state index contributed by atoms with van der Waals surface area (Å²) in [5.74, 6) is 0.941. The van der Waals surface area contributed by atoms with Crippen molar-refractivity contribution >= 4 is 11.3 Å². The van der Waals surface area contributed by atoms with Crippen LogP contribution in [0.15, 0.2) is 41.1 Å². The van der Waals surface area contributed by atoms with E-state index in [0.717, 1.165) is 17.9 Å². The molecule has 1 fully saturated rings. The lowest BCUT2D eigenvalue weighted by Gasteiger charge is -2.09. The molecule has 2 aromatic rings. The number of hydrogen-bond acceptors (Lipinski definition) is 3. The van der Waals surface area contributed by atoms with Gasteiger partial charge in [-0.3, -0.25) is 0 Å². The first-order valence-electron chi connectivity index (χ1n) is 5.29. The smallest absolute Gasteiger partial charge is 0.127 e. The lowest BCUT2D eigenvalue weighted by Crippen LogP contribution is -2.04. The second-order valence-electron chi connectivity index (χ2n) is 3.77. The van der Waals surface area contributed by atoms with E-state index in [1.807, 2.05) is 18.2 Å². The van der Waals surface area contributed by atoms with E-state index in [1.54, 1.807) is 11.3 Å². The number of para-hydroxylation sites is 1. The highest BCUT2D eigenvalue weighted by molar-refractivity contribution is 7.08. The van der Waals surface area contributed by atoms with Crippen molar-refractivity contribution in [1.82, 2.24) is 0 Å². The summed E-state index contributed by atoms with van der Waals surface area (Å²) in [6.07, 6.45) is 0.301. The van der Waals surface area contributed by atoms with Gasteiger partial charge in [0.2, 0.25) is 0 Å². The highest BCUT2D eigenvalue weighted by Crippen LogP contribution is 2.31. The van der Waals surface area contributed by atoms with Gasteiger partial charge < -0.3 is 9.47 Å². The van der Waals surface area contributed by atoms with Gasteiger partial charge in [-0.2, -0.15) is 11.3 Å². The Balaban J connectivity index is 1.85. The third kappa shape index (κ3) is 2.10. The molecule has 2 heterocycles. The van der Waals surface area contributed by atoms with Gasteiger partial charge >= 0.3 is 0 Å². The maximum Gasteiger partial charge on any atom is 0.127 e. The number of ether oxygens (including phenoxy) is 2. The molecule has 0 bridgehead atoms. The third-order valence-corrected chi connectivity index (χ3v) is 3.23. The van der Waals surface area contributed by atoms with Gasteiger partial charge in [0.25, 0.3) is 0 Å². The van der Waals surface area contributed by atoms with E-state index in [4.69, 9.17) is 9.47 Å². The van der Waals surface area contributed by atoms with Crippen molar-refractivity contribution in [1.29, 1.82) is 0 Å². The van der Waals surface area contributed by atoms with Gasteiger partial charge in [0.1, 0.15) is 18.5 Å². The van der Waals surface area contributed by atoms with Gasteiger partial charge in [-0.1, -0.05) is 18.2 Å². The van der Waals surface area contributed by atoms with Gasteiger partial charge in [-0.15, -0.1) is 0 Å². The molecule has 1 aliphatic heterocycles. The average Bonchev–Trinajstić information content (AvgIpc) is 3.00. The van der Waals surface area contributed by atoms with Gasteiger partial charge in [0.15, 0.2) is 0 Å². The summed E-state index contributed by atoms with van der Waals surface area (Å²) in [6, 6.07) is 10.2. The van der Waals surface area contributed by atoms with Crippen LogP contribution in [0.3, 0.4) is 0 Å². The zero-order valence-corrected chi connectivity index (χ0v) is 9.57. The fourth-order valence-electron chi connectivity index (χ4n) is 1.60. The Kier molecular flexibility index (Phi) is 2.64. The second-order valence-corrected chi connectivity index (χ2v) is 4.55. The number of benzene rings is 1. The molecular formula is C13H12O2S. The van der Waals surface area contributed by atoms with E-state index in [0.29, 0.717) is 12.7 Å². The summed E-state index contributed by atoms with van der Waals surface area (Å²) in [5, 5.41) is 4.21. The van der Waals surface area contributed by atoms with Crippen LogP contribution in [0.25, 0.3) is 11.1 Å². The van der Waals surface area contributed by atoms with Crippen LogP contribution in [-0.4, -0.2) is 19.3 Å². The van der Waals surface area contributed by atoms with Crippen molar-refractivity contribution in [3.63, 3.8) is 0 Å². The van der Waals surface area contributed by atoms with E-state index in [2.05, 4.69) is 22.9 Å². The van der Waals surface area contributed by atoms with Crippen LogP contribution in [0.4, 0.5) is 0 Å². The summed E-state index contributed by atoms with van der Waals surface area (Å²) in [5.41, 5.74) is 2.38. The van der Waals surface area contributed by atoms with Crippen molar-refractivity contribution in [2.75, 3.05) is 13.2 Å². The summed E-state index contributed by atoms with van der Waals surface area (Å²) in [6.45, 7) is 1.49. The molecule has 1 aromatic heterocycles. The van der Waals surface area contributed by atoms with E-state index >= 15 is 0 Å². The normalized spacial score (nSPS) is 18.4. The molecule has 1 aromatic carbocycles. The molecular weight excluding hydrogens is 220 g/mol. The van der Waals surface area contributed by atoms with E-state index < -0.39 is 0 Å². The Morgan fingerprint density at radius 3 is 2.94 bits per heavy atom. The predicted molar refractivity (Wildman–Crippen MR) is 65.0 cm³/mol. The summed E-state index contributed by atoms with van der Waals surface area (Å²) in [7, 11) is 0. The summed E-state index contributed by atoms with van der Waals surface area (Å²) in [4.78, 5) is 0. The molecule has 1 aliphatic rings. The molecule has 0 unspecified atom stereocenters. The Morgan fingerprint density at radius 1 is 1.31 bits per heavy atom. The quantitative estimate of drug-likeness (QED) is 0.755. The molecule has 2 nitrogen and oxygen atoms in total. The maximum absolute atomic E-state index is 5.76. The molecule has 0 amide bonds. The standard InChI is InChI=1S/C13H12O2S/c1-2-4-13(15-8-11-7-14-11)12(3-1)10-5-6-16-9-10/h1-6,9,11H,7-8H2/t11-/m0/s1. The zero-order valence-electron chi connectivity index (χ0n) is 8.76. The molecule has 1 atom stereocenters. The Labute approximate surface area is 98.4 Å². The number of thiophene rings is 1. The van der Waals surface area contributed by atoms with Crippen molar-refractivity contribution < 1.29 is 9.47 Å². The highest BCUT2D eigenvalue weighted by Gasteiger charge is 2.23. The minimum atomic E-state index is 0.301. The molecule has 0 N–H and O–H groups in total. The predicted octanol–water partition coefficient (Wildman–Crippen LogP) is 3.19. The van der Waals surface area contributed by atoms with Crippen LogP contribution in [0.5, 0.6) is 5.75 Å². The van der Waals surface area contributed by atoms with Gasteiger partial charge in [-0.05, 0) is 28.5 Å². The zero-order chi connectivity index (χ0) is 10.8. The van der Waals surface area contributed by atoms with E-state index in [-0.39, 0.29) is 0 Å². The maximum atomic E-state index is 5.76. The average molecular weight is 232 g/mol. The van der Waals surface area contributed by atoms with Crippen LogP contribution in [0, 0.1) is 0 Å². The van der Waals surface area contributed by atoms with E-state index in [1.165, 1.54) is 5.56 Å². The van der Waals surface area contributed by atoms with Crippen LogP contribution < -0.4 is 4.74 Å². The molecule has 0 aliphatic carbocycles. The largest absolute Gasteiger partial charge is 0.490 e. The van der Waals surface area contributed by atoms with Gasteiger partial charge in [0.05, 0.1) is 6.61 Å². The first kappa shape index (κ1) is 9.87. The van der Waals surface area contributed by atoms with Crippen LogP contribution in [0.2, 0.25) is 0 Å². The van der Waals surface area contributed by atoms with Gasteiger partial charge in [-0.25, -0.2) is 0 Å². The lowest BCUT2D eigenvalue weighted by atomic mass is 10.1. The van der Waals surface area contributed by atoms with Crippen molar-refractivity contribution in [3.05, 3.63) is 41.1 Å². The molecule has 3 heteroatoms. The first-order chi connectivity index (χ1) is 7.93. The minimum absolute atomic E-state index is 0.301. The molecule has 3 rings (SSSR count). The Hall–Kier alpha value is -1.32. The molecule has 1 saturated heterocycles. The molecule has 82 valence electrons. The van der Waals surface area contributed by atoms with Crippen LogP contribution in [0.1, 0.15) is 0 Å². The molecule has 16 heavy (non-hydrogen) atoms. The minimum Gasteiger partial charge on any atom is -0.490 e. The molecule has 0 spiro atoms. The fraction of sp³-hybridized carbons (Fsp3) is 0.231. The van der Waals surface area contributed by atoms with Crippen molar-refractivity contribution in [2.24, 2.45) is 0 Å². The third-order valence-electron chi connectivity index (χ3n) is 2.55. The Morgan fingerprint density at radius 2 is 2.19 bits per heavy atom. The first-order valence-corrected chi connectivity index (χ1v) is 6.24. The fourth-order valence-corrected chi connectivity index (χ4v) is 2.25. The van der Waals surface area contributed by atoms with Crippen molar-refractivity contribution in [3.8, 4) is 16.9 Å². The van der Waals surface area contributed by atoms with Gasteiger partial charge in [0, 0.05) is 5.56 Å². The number of rotatable bonds is 4. The lowest BCUT2D eigenvalue weighted by molar-refractivity contribution is 0.264. The van der Waals surface area contributed by atoms with Crippen molar-refractivity contribution in [2.45, 2.75) is 6.10 Å². The second kappa shape index (κ2) is 4.28. The van der Waals surface area contributed by atoms with Crippen LogP contribution >= 0.6 is 11.3 Å². The molecule has 0 saturated carbocycles. The van der Waals surface area contributed by atoms with Crippen LogP contribution in [-0.2, 0) is 4.74 Å².